The maximum Gasteiger partial charge on any atom is 0.297 e. The highest BCUT2D eigenvalue weighted by Gasteiger charge is 2.51. The summed E-state index contributed by atoms with van der Waals surface area (Å²) in [4.78, 5) is 26.9. The molecule has 0 unspecified atom stereocenters. The summed E-state index contributed by atoms with van der Waals surface area (Å²) in [6.07, 6.45) is 5.51. The first-order valence-electron chi connectivity index (χ1n) is 9.04. The van der Waals surface area contributed by atoms with E-state index in [0.717, 1.165) is 0 Å². The lowest BCUT2D eigenvalue weighted by molar-refractivity contribution is -0.139. The summed E-state index contributed by atoms with van der Waals surface area (Å²) in [5.41, 5.74) is -0.533. The Balaban J connectivity index is 2.13. The summed E-state index contributed by atoms with van der Waals surface area (Å²) in [6, 6.07) is 8.37. The number of likely N-dealkylation sites (N-methyl/N-ethyl adjacent to an activating group) is 1. The monoisotopic (exact) mass is 384 g/mol. The van der Waals surface area contributed by atoms with E-state index in [2.05, 4.69) is 0 Å². The quantitative estimate of drug-likeness (QED) is 0.738. The SMILES string of the molecule is COc1cccn(-c2ccc3c(c2)[C@](O)([C@@H](C)/C=C/CCO)C(=O)N3C)c1=O. The summed E-state index contributed by atoms with van der Waals surface area (Å²) in [5, 5.41) is 20.3. The number of rotatable bonds is 6. The molecule has 1 aromatic carbocycles. The number of nitrogens with zero attached hydrogens (tertiary/aromatic N) is 2. The Bertz CT molecular complexity index is 981. The van der Waals surface area contributed by atoms with Crippen LogP contribution in [0.1, 0.15) is 18.9 Å². The van der Waals surface area contributed by atoms with E-state index in [1.54, 1.807) is 62.7 Å². The Morgan fingerprint density at radius 2 is 2.04 bits per heavy atom. The average molecular weight is 384 g/mol. The molecular weight excluding hydrogens is 360 g/mol. The fourth-order valence-electron chi connectivity index (χ4n) is 3.54. The third-order valence-electron chi connectivity index (χ3n) is 5.17. The molecular formula is C21H24N2O5. The Morgan fingerprint density at radius 1 is 1.29 bits per heavy atom. The number of fused-ring (bicyclic) bond motifs is 1. The fourth-order valence-corrected chi connectivity index (χ4v) is 3.54. The van der Waals surface area contributed by atoms with Gasteiger partial charge in [-0.1, -0.05) is 19.1 Å². The highest BCUT2D eigenvalue weighted by Crippen LogP contribution is 2.45. The Morgan fingerprint density at radius 3 is 2.71 bits per heavy atom. The predicted molar refractivity (Wildman–Crippen MR) is 106 cm³/mol. The van der Waals surface area contributed by atoms with Crippen molar-refractivity contribution in [2.45, 2.75) is 18.9 Å². The van der Waals surface area contributed by atoms with E-state index in [1.807, 2.05) is 0 Å². The molecule has 3 rings (SSSR count). The van der Waals surface area contributed by atoms with Gasteiger partial charge in [0.1, 0.15) is 0 Å². The van der Waals surface area contributed by atoms with Gasteiger partial charge in [-0.2, -0.15) is 0 Å². The van der Waals surface area contributed by atoms with E-state index in [1.165, 1.54) is 16.6 Å². The minimum atomic E-state index is -1.76. The Labute approximate surface area is 163 Å². The lowest BCUT2D eigenvalue weighted by atomic mass is 9.82. The van der Waals surface area contributed by atoms with Crippen LogP contribution in [0.3, 0.4) is 0 Å². The molecule has 148 valence electrons. The van der Waals surface area contributed by atoms with Crippen molar-refractivity contribution >= 4 is 11.6 Å². The largest absolute Gasteiger partial charge is 0.491 e. The zero-order valence-corrected chi connectivity index (χ0v) is 16.1. The van der Waals surface area contributed by atoms with Crippen LogP contribution < -0.4 is 15.2 Å². The molecule has 0 fully saturated rings. The normalized spacial score (nSPS) is 19.9. The van der Waals surface area contributed by atoms with Crippen molar-refractivity contribution in [3.63, 3.8) is 0 Å². The summed E-state index contributed by atoms with van der Waals surface area (Å²) in [6.45, 7) is 1.74. The number of amides is 1. The van der Waals surface area contributed by atoms with Crippen LogP contribution in [0.5, 0.6) is 5.75 Å². The summed E-state index contributed by atoms with van der Waals surface area (Å²) in [7, 11) is 3.04. The molecule has 1 amide bonds. The second-order valence-corrected chi connectivity index (χ2v) is 6.81. The molecule has 0 saturated carbocycles. The molecule has 7 nitrogen and oxygen atoms in total. The molecule has 0 radical (unpaired) electrons. The van der Waals surface area contributed by atoms with Crippen LogP contribution in [0.25, 0.3) is 5.69 Å². The Hall–Kier alpha value is -2.90. The van der Waals surface area contributed by atoms with Gasteiger partial charge in [-0.05, 0) is 36.8 Å². The predicted octanol–water partition coefficient (Wildman–Crippen LogP) is 1.58. The first-order chi connectivity index (χ1) is 13.4. The second kappa shape index (κ2) is 7.61. The minimum absolute atomic E-state index is 0.00497. The fraction of sp³-hybridized carbons (Fsp3) is 0.333. The number of hydrogen-bond donors (Lipinski definition) is 2. The van der Waals surface area contributed by atoms with Crippen LogP contribution in [0.4, 0.5) is 5.69 Å². The molecule has 1 aromatic heterocycles. The lowest BCUT2D eigenvalue weighted by Gasteiger charge is -2.27. The van der Waals surface area contributed by atoms with Crippen molar-refractivity contribution < 1.29 is 19.7 Å². The van der Waals surface area contributed by atoms with Crippen molar-refractivity contribution in [1.82, 2.24) is 4.57 Å². The molecule has 0 saturated heterocycles. The number of methoxy groups -OCH3 is 1. The number of aromatic nitrogens is 1. The number of benzene rings is 1. The Kier molecular flexibility index (Phi) is 5.40. The molecule has 2 N–H and O–H groups in total. The van der Waals surface area contributed by atoms with Crippen molar-refractivity contribution in [2.75, 3.05) is 25.7 Å². The van der Waals surface area contributed by atoms with Gasteiger partial charge in [-0.25, -0.2) is 0 Å². The van der Waals surface area contributed by atoms with E-state index in [4.69, 9.17) is 9.84 Å². The molecule has 1 aliphatic rings. The molecule has 0 aliphatic carbocycles. The number of ether oxygens (including phenoxy) is 1. The van der Waals surface area contributed by atoms with Gasteiger partial charge in [0.15, 0.2) is 11.4 Å². The number of hydrogen-bond acceptors (Lipinski definition) is 5. The summed E-state index contributed by atoms with van der Waals surface area (Å²) < 4.78 is 6.50. The first kappa shape index (κ1) is 19.9. The van der Waals surface area contributed by atoms with Crippen molar-refractivity contribution in [3.8, 4) is 11.4 Å². The van der Waals surface area contributed by atoms with E-state index >= 15 is 0 Å². The van der Waals surface area contributed by atoms with E-state index in [0.29, 0.717) is 23.4 Å². The third kappa shape index (κ3) is 3.02. The zero-order valence-electron chi connectivity index (χ0n) is 16.1. The number of aliphatic hydroxyl groups is 2. The van der Waals surface area contributed by atoms with Crippen LogP contribution in [0, 0.1) is 5.92 Å². The molecule has 2 heterocycles. The van der Waals surface area contributed by atoms with Crippen LogP contribution >= 0.6 is 0 Å². The number of carbonyl (C=O) groups excluding carboxylic acids is 1. The van der Waals surface area contributed by atoms with Crippen LogP contribution in [-0.2, 0) is 10.4 Å². The summed E-state index contributed by atoms with van der Waals surface area (Å²) >= 11 is 0. The number of aliphatic hydroxyl groups excluding tert-OH is 1. The number of pyridine rings is 1. The number of carbonyl (C=O) groups is 1. The third-order valence-corrected chi connectivity index (χ3v) is 5.17. The van der Waals surface area contributed by atoms with Gasteiger partial charge < -0.3 is 19.8 Å². The van der Waals surface area contributed by atoms with Gasteiger partial charge >= 0.3 is 0 Å². The standard InChI is InChI=1S/C21H24N2O5/c1-14(7-4-5-12-24)21(27)16-13-15(9-10-17(16)22(2)20(21)26)23-11-6-8-18(28-3)19(23)25/h4,6-11,13-14,24,27H,5,12H2,1-3H3/b7-4+/t14-,21+/m0/s1. The first-order valence-corrected chi connectivity index (χ1v) is 9.04. The van der Waals surface area contributed by atoms with Gasteiger partial charge in [0.2, 0.25) is 0 Å². The molecule has 1 aliphatic heterocycles. The van der Waals surface area contributed by atoms with E-state index in [9.17, 15) is 14.7 Å². The van der Waals surface area contributed by atoms with Gasteiger partial charge in [0.05, 0.1) is 12.8 Å². The van der Waals surface area contributed by atoms with Gasteiger partial charge in [-0.3, -0.25) is 14.2 Å². The smallest absolute Gasteiger partial charge is 0.297 e. The van der Waals surface area contributed by atoms with Gasteiger partial charge in [0.25, 0.3) is 11.5 Å². The maximum atomic E-state index is 12.9. The van der Waals surface area contributed by atoms with Crippen LogP contribution in [0.15, 0.2) is 53.5 Å². The van der Waals surface area contributed by atoms with Crippen molar-refractivity contribution in [2.24, 2.45) is 5.92 Å². The molecule has 2 aromatic rings. The minimum Gasteiger partial charge on any atom is -0.491 e. The maximum absolute atomic E-state index is 12.9. The molecule has 28 heavy (non-hydrogen) atoms. The molecule has 0 spiro atoms. The molecule has 0 bridgehead atoms. The van der Waals surface area contributed by atoms with E-state index < -0.39 is 17.4 Å². The van der Waals surface area contributed by atoms with E-state index in [-0.39, 0.29) is 17.9 Å². The molecule has 7 heteroatoms. The van der Waals surface area contributed by atoms with Crippen molar-refractivity contribution in [1.29, 1.82) is 0 Å². The lowest BCUT2D eigenvalue weighted by Crippen LogP contribution is -2.43. The highest BCUT2D eigenvalue weighted by molar-refractivity contribution is 6.07. The van der Waals surface area contributed by atoms with Gasteiger partial charge in [-0.15, -0.1) is 0 Å². The number of anilines is 1. The van der Waals surface area contributed by atoms with Gasteiger partial charge in [0, 0.05) is 37.0 Å². The van der Waals surface area contributed by atoms with Crippen LogP contribution in [-0.4, -0.2) is 41.5 Å². The highest BCUT2D eigenvalue weighted by atomic mass is 16.5. The topological polar surface area (TPSA) is 92.0 Å². The molecule has 2 atom stereocenters. The summed E-state index contributed by atoms with van der Waals surface area (Å²) in [5.74, 6) is -0.752. The van der Waals surface area contributed by atoms with Crippen LogP contribution in [0.2, 0.25) is 0 Å². The second-order valence-electron chi connectivity index (χ2n) is 6.81. The van der Waals surface area contributed by atoms with Crippen molar-refractivity contribution in [3.05, 3.63) is 64.6 Å². The zero-order chi connectivity index (χ0) is 20.5. The average Bonchev–Trinajstić information content (AvgIpc) is 2.90.